The van der Waals surface area contributed by atoms with E-state index in [9.17, 15) is 0 Å². The van der Waals surface area contributed by atoms with E-state index in [1.54, 1.807) is 0 Å². The summed E-state index contributed by atoms with van der Waals surface area (Å²) in [6, 6.07) is 43.5. The monoisotopic (exact) mass is 406 g/mol. The van der Waals surface area contributed by atoms with Crippen molar-refractivity contribution in [3.8, 4) is 0 Å². The minimum absolute atomic E-state index is 0.236. The third-order valence-electron chi connectivity index (χ3n) is 6.08. The Hall–Kier alpha value is -3.52. The lowest BCUT2D eigenvalue weighted by Gasteiger charge is -2.38. The summed E-state index contributed by atoms with van der Waals surface area (Å²) in [6.45, 7) is 0. The molecule has 0 heterocycles. The molecule has 0 saturated heterocycles. The Morgan fingerprint density at radius 2 is 0.742 bits per heavy atom. The van der Waals surface area contributed by atoms with E-state index in [0.29, 0.717) is 0 Å². The van der Waals surface area contributed by atoms with Gasteiger partial charge in [0.15, 0.2) is 0 Å². The zero-order valence-corrected chi connectivity index (χ0v) is 18.3. The highest BCUT2D eigenvalue weighted by atomic mass is 15.2. The van der Waals surface area contributed by atoms with Crippen LogP contribution in [0.2, 0.25) is 0 Å². The average molecular weight is 407 g/mol. The van der Waals surface area contributed by atoms with E-state index in [4.69, 9.17) is 0 Å². The van der Waals surface area contributed by atoms with Crippen molar-refractivity contribution in [3.63, 3.8) is 0 Å². The molecule has 156 valence electrons. The molecular formula is C29H30N2. The summed E-state index contributed by atoms with van der Waals surface area (Å²) >= 11 is 0. The van der Waals surface area contributed by atoms with Crippen LogP contribution < -0.4 is 9.80 Å². The van der Waals surface area contributed by atoms with Crippen LogP contribution in [0, 0.1) is 0 Å². The summed E-state index contributed by atoms with van der Waals surface area (Å²) in [7, 11) is 4.41. The third kappa shape index (κ3) is 4.97. The summed E-state index contributed by atoms with van der Waals surface area (Å²) in [5, 5.41) is 0. The standard InChI is InChI=1S/C29H30N2/c1-30(26-19-11-5-12-20-26)28(24-15-7-3-8-16-24)23-29(25-17-9-4-10-18-25)31(2)27-21-13-6-14-22-27/h3-22,28-29H,23H2,1-2H3. The van der Waals surface area contributed by atoms with Gasteiger partial charge in [-0.3, -0.25) is 0 Å². The topological polar surface area (TPSA) is 6.48 Å². The van der Waals surface area contributed by atoms with Gasteiger partial charge in [-0.2, -0.15) is 0 Å². The first-order chi connectivity index (χ1) is 15.2. The molecule has 0 saturated carbocycles. The van der Waals surface area contributed by atoms with Crippen molar-refractivity contribution in [2.24, 2.45) is 0 Å². The van der Waals surface area contributed by atoms with Gasteiger partial charge in [0.25, 0.3) is 0 Å². The normalized spacial score (nSPS) is 12.7. The van der Waals surface area contributed by atoms with Gasteiger partial charge < -0.3 is 9.80 Å². The number of hydrogen-bond donors (Lipinski definition) is 0. The van der Waals surface area contributed by atoms with Gasteiger partial charge in [-0.15, -0.1) is 0 Å². The van der Waals surface area contributed by atoms with Gasteiger partial charge in [0, 0.05) is 25.5 Å². The molecule has 4 aromatic carbocycles. The van der Waals surface area contributed by atoms with Crippen LogP contribution in [-0.4, -0.2) is 14.1 Å². The first-order valence-corrected chi connectivity index (χ1v) is 10.9. The zero-order chi connectivity index (χ0) is 21.5. The maximum Gasteiger partial charge on any atom is 0.0562 e. The molecule has 0 aliphatic heterocycles. The van der Waals surface area contributed by atoms with E-state index in [1.807, 2.05) is 0 Å². The molecule has 0 radical (unpaired) electrons. The van der Waals surface area contributed by atoms with Gasteiger partial charge in [-0.25, -0.2) is 0 Å². The van der Waals surface area contributed by atoms with Crippen LogP contribution in [0.5, 0.6) is 0 Å². The first kappa shape index (κ1) is 20.7. The highest BCUT2D eigenvalue weighted by Crippen LogP contribution is 2.37. The summed E-state index contributed by atoms with van der Waals surface area (Å²) < 4.78 is 0. The van der Waals surface area contributed by atoms with Crippen LogP contribution in [0.4, 0.5) is 11.4 Å². The molecule has 0 amide bonds. The summed E-state index contributed by atoms with van der Waals surface area (Å²) in [5.41, 5.74) is 5.11. The fraction of sp³-hybridized carbons (Fsp3) is 0.172. The van der Waals surface area contributed by atoms with Gasteiger partial charge in [-0.1, -0.05) is 97.1 Å². The lowest BCUT2D eigenvalue weighted by Crippen LogP contribution is -2.31. The molecule has 0 bridgehead atoms. The fourth-order valence-electron chi connectivity index (χ4n) is 4.28. The molecule has 2 atom stereocenters. The Kier molecular flexibility index (Phi) is 6.68. The predicted octanol–water partition coefficient (Wildman–Crippen LogP) is 7.13. The van der Waals surface area contributed by atoms with Crippen LogP contribution in [0.3, 0.4) is 0 Å². The second-order valence-electron chi connectivity index (χ2n) is 7.98. The number of anilines is 2. The Balaban J connectivity index is 1.73. The van der Waals surface area contributed by atoms with Crippen molar-refractivity contribution in [3.05, 3.63) is 132 Å². The van der Waals surface area contributed by atoms with Crippen molar-refractivity contribution >= 4 is 11.4 Å². The minimum Gasteiger partial charge on any atom is -0.367 e. The molecule has 0 aliphatic carbocycles. The third-order valence-corrected chi connectivity index (χ3v) is 6.08. The van der Waals surface area contributed by atoms with E-state index in [1.165, 1.54) is 22.5 Å². The van der Waals surface area contributed by atoms with Gasteiger partial charge in [0.05, 0.1) is 12.1 Å². The van der Waals surface area contributed by atoms with Crippen LogP contribution >= 0.6 is 0 Å². The number of rotatable bonds is 8. The molecule has 0 aliphatic rings. The maximum atomic E-state index is 2.41. The molecule has 4 rings (SSSR count). The van der Waals surface area contributed by atoms with E-state index >= 15 is 0 Å². The molecule has 0 N–H and O–H groups in total. The van der Waals surface area contributed by atoms with Gasteiger partial charge in [-0.05, 0) is 41.8 Å². The summed E-state index contributed by atoms with van der Waals surface area (Å²) in [5.74, 6) is 0. The van der Waals surface area contributed by atoms with E-state index in [2.05, 4.69) is 145 Å². The van der Waals surface area contributed by atoms with E-state index in [-0.39, 0.29) is 12.1 Å². The average Bonchev–Trinajstić information content (AvgIpc) is 2.86. The van der Waals surface area contributed by atoms with Crippen LogP contribution in [0.15, 0.2) is 121 Å². The quantitative estimate of drug-likeness (QED) is 0.307. The molecule has 4 aromatic rings. The zero-order valence-electron chi connectivity index (χ0n) is 18.3. The minimum atomic E-state index is 0.236. The summed E-state index contributed by atoms with van der Waals surface area (Å²) in [4.78, 5) is 4.81. The van der Waals surface area contributed by atoms with Crippen molar-refractivity contribution in [2.75, 3.05) is 23.9 Å². The SMILES string of the molecule is CN(c1ccccc1)C(CC(c1ccccc1)N(C)c1ccccc1)c1ccccc1. The highest BCUT2D eigenvalue weighted by molar-refractivity contribution is 5.50. The Morgan fingerprint density at radius 3 is 1.06 bits per heavy atom. The van der Waals surface area contributed by atoms with Crippen LogP contribution in [0.25, 0.3) is 0 Å². The second-order valence-corrected chi connectivity index (χ2v) is 7.98. The highest BCUT2D eigenvalue weighted by Gasteiger charge is 2.26. The Morgan fingerprint density at radius 1 is 0.452 bits per heavy atom. The summed E-state index contributed by atoms with van der Waals surface area (Å²) in [6.07, 6.45) is 0.963. The van der Waals surface area contributed by atoms with Gasteiger partial charge >= 0.3 is 0 Å². The molecule has 31 heavy (non-hydrogen) atoms. The molecule has 0 fully saturated rings. The number of hydrogen-bond acceptors (Lipinski definition) is 2. The maximum absolute atomic E-state index is 2.41. The molecule has 0 spiro atoms. The van der Waals surface area contributed by atoms with Crippen LogP contribution in [0.1, 0.15) is 29.6 Å². The number of benzene rings is 4. The molecule has 2 nitrogen and oxygen atoms in total. The molecule has 2 heteroatoms. The smallest absolute Gasteiger partial charge is 0.0562 e. The molecule has 2 unspecified atom stereocenters. The van der Waals surface area contributed by atoms with Gasteiger partial charge in [0.1, 0.15) is 0 Å². The number of para-hydroxylation sites is 2. The van der Waals surface area contributed by atoms with Gasteiger partial charge in [0.2, 0.25) is 0 Å². The second kappa shape index (κ2) is 9.99. The molecular weight excluding hydrogens is 376 g/mol. The lowest BCUT2D eigenvalue weighted by molar-refractivity contribution is 0.517. The largest absolute Gasteiger partial charge is 0.367 e. The molecule has 0 aromatic heterocycles. The Bertz CT molecular complexity index is 946. The van der Waals surface area contributed by atoms with Crippen LogP contribution in [-0.2, 0) is 0 Å². The number of nitrogens with zero attached hydrogens (tertiary/aromatic N) is 2. The van der Waals surface area contributed by atoms with Crippen molar-refractivity contribution in [1.82, 2.24) is 0 Å². The van der Waals surface area contributed by atoms with Crippen molar-refractivity contribution in [1.29, 1.82) is 0 Å². The van der Waals surface area contributed by atoms with E-state index in [0.717, 1.165) is 6.42 Å². The lowest BCUT2D eigenvalue weighted by atomic mass is 9.92. The van der Waals surface area contributed by atoms with Crippen molar-refractivity contribution < 1.29 is 0 Å². The first-order valence-electron chi connectivity index (χ1n) is 10.9. The predicted molar refractivity (Wildman–Crippen MR) is 133 cm³/mol. The van der Waals surface area contributed by atoms with Crippen molar-refractivity contribution in [2.45, 2.75) is 18.5 Å². The Labute approximate surface area is 186 Å². The fourth-order valence-corrected chi connectivity index (χ4v) is 4.28. The van der Waals surface area contributed by atoms with E-state index < -0.39 is 0 Å².